The highest BCUT2D eigenvalue weighted by Gasteiger charge is 1.94. The first-order valence-electron chi connectivity index (χ1n) is 3.76. The van der Waals surface area contributed by atoms with Gasteiger partial charge < -0.3 is 9.84 Å². The molecule has 0 radical (unpaired) electrons. The smallest absolute Gasteiger partial charge is 0.123 e. The van der Waals surface area contributed by atoms with Crippen molar-refractivity contribution in [1.82, 2.24) is 0 Å². The van der Waals surface area contributed by atoms with Crippen LogP contribution in [0.1, 0.15) is 5.56 Å². The Kier molecular flexibility index (Phi) is 3.70. The molecule has 0 aliphatic carbocycles. The summed E-state index contributed by atoms with van der Waals surface area (Å²) in [5, 5.41) is 8.40. The van der Waals surface area contributed by atoms with Gasteiger partial charge in [-0.3, -0.25) is 0 Å². The lowest BCUT2D eigenvalue weighted by Crippen LogP contribution is -1.99. The summed E-state index contributed by atoms with van der Waals surface area (Å²) in [5.74, 6) is -0.264. The van der Waals surface area contributed by atoms with Gasteiger partial charge in [-0.25, -0.2) is 4.39 Å². The molecule has 66 valence electrons. The third kappa shape index (κ3) is 2.98. The SMILES string of the molecule is OCCOCc1cccc(F)c1. The van der Waals surface area contributed by atoms with E-state index >= 15 is 0 Å². The molecule has 0 aromatic heterocycles. The molecule has 1 aromatic rings. The molecule has 0 saturated heterocycles. The molecule has 0 fully saturated rings. The minimum Gasteiger partial charge on any atom is -0.394 e. The highest BCUT2D eigenvalue weighted by molar-refractivity contribution is 5.15. The number of aliphatic hydroxyl groups is 1. The largest absolute Gasteiger partial charge is 0.394 e. The summed E-state index contributed by atoms with van der Waals surface area (Å²) < 4.78 is 17.6. The Balaban J connectivity index is 2.41. The fourth-order valence-corrected chi connectivity index (χ4v) is 0.881. The number of benzene rings is 1. The Bertz CT molecular complexity index is 238. The molecule has 1 N–H and O–H groups in total. The molecule has 0 atom stereocenters. The second kappa shape index (κ2) is 4.85. The molecule has 12 heavy (non-hydrogen) atoms. The number of ether oxygens (including phenoxy) is 1. The van der Waals surface area contributed by atoms with Crippen LogP contribution in [0.15, 0.2) is 24.3 Å². The summed E-state index contributed by atoms with van der Waals surface area (Å²) in [4.78, 5) is 0. The Morgan fingerprint density at radius 2 is 2.25 bits per heavy atom. The zero-order chi connectivity index (χ0) is 8.81. The van der Waals surface area contributed by atoms with Crippen LogP contribution in [-0.4, -0.2) is 18.3 Å². The number of hydrogen-bond acceptors (Lipinski definition) is 2. The van der Waals surface area contributed by atoms with Crippen LogP contribution < -0.4 is 0 Å². The first-order valence-corrected chi connectivity index (χ1v) is 3.76. The molecule has 0 saturated carbocycles. The topological polar surface area (TPSA) is 29.5 Å². The van der Waals surface area contributed by atoms with E-state index in [2.05, 4.69) is 0 Å². The Hall–Kier alpha value is -0.930. The van der Waals surface area contributed by atoms with Gasteiger partial charge >= 0.3 is 0 Å². The van der Waals surface area contributed by atoms with Gasteiger partial charge in [0.2, 0.25) is 0 Å². The number of halogens is 1. The second-order valence-corrected chi connectivity index (χ2v) is 2.41. The summed E-state index contributed by atoms with van der Waals surface area (Å²) in [5.41, 5.74) is 0.781. The molecule has 0 heterocycles. The summed E-state index contributed by atoms with van der Waals surface area (Å²) in [7, 11) is 0. The van der Waals surface area contributed by atoms with Gasteiger partial charge in [-0.15, -0.1) is 0 Å². The average molecular weight is 170 g/mol. The lowest BCUT2D eigenvalue weighted by atomic mass is 10.2. The van der Waals surface area contributed by atoms with E-state index in [1.165, 1.54) is 12.1 Å². The fraction of sp³-hybridized carbons (Fsp3) is 0.333. The van der Waals surface area contributed by atoms with Crippen molar-refractivity contribution >= 4 is 0 Å². The molecular weight excluding hydrogens is 159 g/mol. The third-order valence-corrected chi connectivity index (χ3v) is 1.39. The van der Waals surface area contributed by atoms with Crippen LogP contribution in [0.3, 0.4) is 0 Å². The van der Waals surface area contributed by atoms with Gasteiger partial charge in [0.25, 0.3) is 0 Å². The van der Waals surface area contributed by atoms with Crippen molar-refractivity contribution in [3.05, 3.63) is 35.6 Å². The standard InChI is InChI=1S/C9H11FO2/c10-9-3-1-2-8(6-9)7-12-5-4-11/h1-3,6,11H,4-5,7H2. The van der Waals surface area contributed by atoms with Crippen molar-refractivity contribution in [2.45, 2.75) is 6.61 Å². The predicted octanol–water partition coefficient (Wildman–Crippen LogP) is 1.33. The Labute approximate surface area is 70.6 Å². The van der Waals surface area contributed by atoms with Gasteiger partial charge in [0.1, 0.15) is 5.82 Å². The van der Waals surface area contributed by atoms with E-state index in [9.17, 15) is 4.39 Å². The molecule has 0 aliphatic heterocycles. The zero-order valence-corrected chi connectivity index (χ0v) is 6.66. The van der Waals surface area contributed by atoms with Crippen LogP contribution in [0.5, 0.6) is 0 Å². The van der Waals surface area contributed by atoms with Crippen molar-refractivity contribution in [3.63, 3.8) is 0 Å². The highest BCUT2D eigenvalue weighted by Crippen LogP contribution is 2.04. The van der Waals surface area contributed by atoms with Crippen molar-refractivity contribution in [1.29, 1.82) is 0 Å². The predicted molar refractivity (Wildman–Crippen MR) is 43.1 cm³/mol. The molecule has 0 bridgehead atoms. The van der Waals surface area contributed by atoms with Crippen LogP contribution in [-0.2, 0) is 11.3 Å². The lowest BCUT2D eigenvalue weighted by molar-refractivity contribution is 0.0814. The fourth-order valence-electron chi connectivity index (χ4n) is 0.881. The number of hydrogen-bond donors (Lipinski definition) is 1. The van der Waals surface area contributed by atoms with Gasteiger partial charge in [0, 0.05) is 0 Å². The summed E-state index contributed by atoms with van der Waals surface area (Å²) in [6.45, 7) is 0.629. The lowest BCUT2D eigenvalue weighted by Gasteiger charge is -2.01. The second-order valence-electron chi connectivity index (χ2n) is 2.41. The maximum atomic E-state index is 12.6. The van der Waals surface area contributed by atoms with E-state index in [1.807, 2.05) is 0 Å². The van der Waals surface area contributed by atoms with Gasteiger partial charge in [-0.05, 0) is 17.7 Å². The molecule has 0 unspecified atom stereocenters. The van der Waals surface area contributed by atoms with E-state index < -0.39 is 0 Å². The van der Waals surface area contributed by atoms with E-state index in [-0.39, 0.29) is 19.0 Å². The highest BCUT2D eigenvalue weighted by atomic mass is 19.1. The molecule has 0 spiro atoms. The quantitative estimate of drug-likeness (QED) is 0.691. The molecule has 0 amide bonds. The molecule has 3 heteroatoms. The van der Waals surface area contributed by atoms with Crippen molar-refractivity contribution < 1.29 is 14.2 Å². The molecule has 0 aliphatic rings. The zero-order valence-electron chi connectivity index (χ0n) is 6.66. The maximum Gasteiger partial charge on any atom is 0.123 e. The van der Waals surface area contributed by atoms with Crippen LogP contribution >= 0.6 is 0 Å². The monoisotopic (exact) mass is 170 g/mol. The molecule has 1 rings (SSSR count). The average Bonchev–Trinajstić information content (AvgIpc) is 2.05. The van der Waals surface area contributed by atoms with E-state index in [4.69, 9.17) is 9.84 Å². The summed E-state index contributed by atoms with van der Waals surface area (Å²) in [6.07, 6.45) is 0. The molecule has 1 aromatic carbocycles. The van der Waals surface area contributed by atoms with Gasteiger partial charge in [0.05, 0.1) is 19.8 Å². The normalized spacial score (nSPS) is 10.2. The summed E-state index contributed by atoms with van der Waals surface area (Å²) >= 11 is 0. The first kappa shape index (κ1) is 9.16. The Morgan fingerprint density at radius 3 is 2.92 bits per heavy atom. The molecule has 2 nitrogen and oxygen atoms in total. The van der Waals surface area contributed by atoms with Gasteiger partial charge in [0.15, 0.2) is 0 Å². The van der Waals surface area contributed by atoms with Crippen molar-refractivity contribution in [2.75, 3.05) is 13.2 Å². The van der Waals surface area contributed by atoms with E-state index in [0.717, 1.165) is 5.56 Å². The Morgan fingerprint density at radius 1 is 1.42 bits per heavy atom. The minimum atomic E-state index is -0.264. The number of aliphatic hydroxyl groups excluding tert-OH is 1. The molecular formula is C9H11FO2. The van der Waals surface area contributed by atoms with Crippen LogP contribution in [0.4, 0.5) is 4.39 Å². The third-order valence-electron chi connectivity index (χ3n) is 1.39. The summed E-state index contributed by atoms with van der Waals surface area (Å²) in [6, 6.07) is 6.21. The van der Waals surface area contributed by atoms with Crippen molar-refractivity contribution in [2.24, 2.45) is 0 Å². The maximum absolute atomic E-state index is 12.6. The van der Waals surface area contributed by atoms with E-state index in [0.29, 0.717) is 6.61 Å². The minimum absolute atomic E-state index is 0.00465. The van der Waals surface area contributed by atoms with Crippen molar-refractivity contribution in [3.8, 4) is 0 Å². The number of rotatable bonds is 4. The van der Waals surface area contributed by atoms with Crippen LogP contribution in [0.2, 0.25) is 0 Å². The van der Waals surface area contributed by atoms with Crippen LogP contribution in [0, 0.1) is 5.82 Å². The van der Waals surface area contributed by atoms with Gasteiger partial charge in [-0.1, -0.05) is 12.1 Å². The van der Waals surface area contributed by atoms with Gasteiger partial charge in [-0.2, -0.15) is 0 Å². The van der Waals surface area contributed by atoms with Crippen LogP contribution in [0.25, 0.3) is 0 Å². The van der Waals surface area contributed by atoms with E-state index in [1.54, 1.807) is 12.1 Å². The first-order chi connectivity index (χ1) is 5.83.